The van der Waals surface area contributed by atoms with Crippen LogP contribution in [0.3, 0.4) is 0 Å². The van der Waals surface area contributed by atoms with E-state index in [1.54, 1.807) is 7.11 Å². The van der Waals surface area contributed by atoms with Crippen molar-refractivity contribution >= 4 is 11.6 Å². The maximum absolute atomic E-state index is 12.4. The molecule has 2 N–H and O–H groups in total. The predicted octanol–water partition coefficient (Wildman–Crippen LogP) is 2.73. The lowest BCUT2D eigenvalue weighted by Crippen LogP contribution is -2.49. The van der Waals surface area contributed by atoms with Crippen LogP contribution in [-0.4, -0.2) is 31.7 Å². The molecule has 4 heteroatoms. The zero-order valence-corrected chi connectivity index (χ0v) is 12.6. The Balaban J connectivity index is 2.06. The van der Waals surface area contributed by atoms with E-state index in [0.717, 1.165) is 30.6 Å². The monoisotopic (exact) mass is 276 g/mol. The van der Waals surface area contributed by atoms with Gasteiger partial charge < -0.3 is 15.4 Å². The fraction of sp³-hybridized carbons (Fsp3) is 0.562. The Morgan fingerprint density at radius 3 is 2.70 bits per heavy atom. The van der Waals surface area contributed by atoms with E-state index in [0.29, 0.717) is 12.1 Å². The van der Waals surface area contributed by atoms with Crippen molar-refractivity contribution in [2.24, 2.45) is 0 Å². The Kier molecular flexibility index (Phi) is 4.65. The Morgan fingerprint density at radius 1 is 1.40 bits per heavy atom. The summed E-state index contributed by atoms with van der Waals surface area (Å²) in [6.45, 7) is 5.40. The third kappa shape index (κ3) is 3.12. The van der Waals surface area contributed by atoms with Gasteiger partial charge in [-0.25, -0.2) is 0 Å². The second kappa shape index (κ2) is 6.27. The number of amides is 1. The van der Waals surface area contributed by atoms with Gasteiger partial charge in [0.1, 0.15) is 0 Å². The summed E-state index contributed by atoms with van der Waals surface area (Å²) in [5, 5.41) is 6.25. The molecule has 0 saturated heterocycles. The standard InChI is InChI=1S/C16H24N2O2/c1-4-17-14-7-6-12(2)10-13(14)15(19)18-11-16(20-3)8-5-9-16/h6-7,10,17H,4-5,8-9,11H2,1-3H3,(H,18,19). The van der Waals surface area contributed by atoms with Gasteiger partial charge in [-0.05, 0) is 45.2 Å². The molecule has 1 fully saturated rings. The molecule has 1 aromatic rings. The highest BCUT2D eigenvalue weighted by atomic mass is 16.5. The molecule has 0 heterocycles. The summed E-state index contributed by atoms with van der Waals surface area (Å²) in [4.78, 5) is 12.4. The minimum absolute atomic E-state index is 0.0343. The zero-order valence-electron chi connectivity index (χ0n) is 12.6. The molecular formula is C16H24N2O2. The molecule has 1 saturated carbocycles. The second-order valence-corrected chi connectivity index (χ2v) is 5.50. The third-order valence-corrected chi connectivity index (χ3v) is 4.06. The number of ether oxygens (including phenoxy) is 1. The van der Waals surface area contributed by atoms with Crippen molar-refractivity contribution < 1.29 is 9.53 Å². The average molecular weight is 276 g/mol. The van der Waals surface area contributed by atoms with Crippen molar-refractivity contribution in [2.45, 2.75) is 38.7 Å². The van der Waals surface area contributed by atoms with E-state index in [4.69, 9.17) is 4.74 Å². The van der Waals surface area contributed by atoms with E-state index in [2.05, 4.69) is 10.6 Å². The molecule has 0 unspecified atom stereocenters. The molecular weight excluding hydrogens is 252 g/mol. The van der Waals surface area contributed by atoms with Crippen LogP contribution in [0.2, 0.25) is 0 Å². The highest BCUT2D eigenvalue weighted by Crippen LogP contribution is 2.34. The molecule has 0 bridgehead atoms. The van der Waals surface area contributed by atoms with Crippen LogP contribution in [0.1, 0.15) is 42.1 Å². The summed E-state index contributed by atoms with van der Waals surface area (Å²) in [6.07, 6.45) is 3.23. The van der Waals surface area contributed by atoms with Gasteiger partial charge >= 0.3 is 0 Å². The van der Waals surface area contributed by atoms with Crippen LogP contribution in [0.15, 0.2) is 18.2 Å². The van der Waals surface area contributed by atoms with Gasteiger partial charge in [-0.3, -0.25) is 4.79 Å². The first-order valence-corrected chi connectivity index (χ1v) is 7.28. The van der Waals surface area contributed by atoms with Crippen LogP contribution in [-0.2, 0) is 4.74 Å². The van der Waals surface area contributed by atoms with Gasteiger partial charge in [0.05, 0.1) is 11.2 Å². The third-order valence-electron chi connectivity index (χ3n) is 4.06. The Hall–Kier alpha value is -1.55. The fourth-order valence-corrected chi connectivity index (χ4v) is 2.55. The Morgan fingerprint density at radius 2 is 2.15 bits per heavy atom. The summed E-state index contributed by atoms with van der Waals surface area (Å²) >= 11 is 0. The van der Waals surface area contributed by atoms with Gasteiger partial charge in [-0.1, -0.05) is 11.6 Å². The molecule has 1 aliphatic carbocycles. The van der Waals surface area contributed by atoms with Crippen LogP contribution in [0.5, 0.6) is 0 Å². The van der Waals surface area contributed by atoms with E-state index in [1.165, 1.54) is 6.42 Å². The minimum atomic E-state index is -0.141. The highest BCUT2D eigenvalue weighted by Gasteiger charge is 2.37. The van der Waals surface area contributed by atoms with E-state index >= 15 is 0 Å². The predicted molar refractivity (Wildman–Crippen MR) is 81.3 cm³/mol. The highest BCUT2D eigenvalue weighted by molar-refractivity contribution is 5.99. The maximum atomic E-state index is 12.4. The molecule has 1 aliphatic rings. The SMILES string of the molecule is CCNc1ccc(C)cc1C(=O)NCC1(OC)CCC1. The number of hydrogen-bond acceptors (Lipinski definition) is 3. The van der Waals surface area contributed by atoms with Crippen LogP contribution < -0.4 is 10.6 Å². The molecule has 0 atom stereocenters. The summed E-state index contributed by atoms with van der Waals surface area (Å²) < 4.78 is 5.53. The van der Waals surface area contributed by atoms with Crippen LogP contribution in [0.25, 0.3) is 0 Å². The number of aryl methyl sites for hydroxylation is 1. The normalized spacial score (nSPS) is 16.4. The number of carbonyl (C=O) groups is 1. The van der Waals surface area contributed by atoms with Gasteiger partial charge in [-0.15, -0.1) is 0 Å². The molecule has 110 valence electrons. The lowest BCUT2D eigenvalue weighted by atomic mass is 9.80. The van der Waals surface area contributed by atoms with Crippen molar-refractivity contribution in [2.75, 3.05) is 25.5 Å². The van der Waals surface area contributed by atoms with E-state index in [9.17, 15) is 4.79 Å². The number of anilines is 1. The van der Waals surface area contributed by atoms with Gasteiger partial charge in [0.2, 0.25) is 0 Å². The Bertz CT molecular complexity index is 476. The number of methoxy groups -OCH3 is 1. The largest absolute Gasteiger partial charge is 0.385 e. The first-order valence-electron chi connectivity index (χ1n) is 7.28. The fourth-order valence-electron chi connectivity index (χ4n) is 2.55. The molecule has 0 aliphatic heterocycles. The summed E-state index contributed by atoms with van der Waals surface area (Å²) in [6, 6.07) is 5.90. The number of benzene rings is 1. The number of nitrogens with one attached hydrogen (secondary N) is 2. The van der Waals surface area contributed by atoms with E-state index < -0.39 is 0 Å². The molecule has 20 heavy (non-hydrogen) atoms. The van der Waals surface area contributed by atoms with E-state index in [-0.39, 0.29) is 11.5 Å². The van der Waals surface area contributed by atoms with Gasteiger partial charge in [0, 0.05) is 25.9 Å². The second-order valence-electron chi connectivity index (χ2n) is 5.50. The molecule has 1 amide bonds. The van der Waals surface area contributed by atoms with Gasteiger partial charge in [0.15, 0.2) is 0 Å². The van der Waals surface area contributed by atoms with Crippen LogP contribution in [0.4, 0.5) is 5.69 Å². The molecule has 0 radical (unpaired) electrons. The first kappa shape index (κ1) is 14.9. The molecule has 1 aromatic carbocycles. The Labute approximate surface area is 120 Å². The molecule has 4 nitrogen and oxygen atoms in total. The number of rotatable bonds is 6. The lowest BCUT2D eigenvalue weighted by molar-refractivity contribution is -0.0679. The van der Waals surface area contributed by atoms with Crippen molar-refractivity contribution in [1.82, 2.24) is 5.32 Å². The van der Waals surface area contributed by atoms with Crippen LogP contribution in [0, 0.1) is 6.92 Å². The van der Waals surface area contributed by atoms with Gasteiger partial charge in [0.25, 0.3) is 5.91 Å². The number of carbonyl (C=O) groups excluding carboxylic acids is 1. The molecule has 0 spiro atoms. The molecule has 0 aromatic heterocycles. The topological polar surface area (TPSA) is 50.4 Å². The molecule has 2 rings (SSSR count). The minimum Gasteiger partial charge on any atom is -0.385 e. The summed E-state index contributed by atoms with van der Waals surface area (Å²) in [7, 11) is 1.72. The number of hydrogen-bond donors (Lipinski definition) is 2. The van der Waals surface area contributed by atoms with Gasteiger partial charge in [-0.2, -0.15) is 0 Å². The smallest absolute Gasteiger partial charge is 0.253 e. The quantitative estimate of drug-likeness (QED) is 0.840. The van der Waals surface area contributed by atoms with Crippen LogP contribution >= 0.6 is 0 Å². The average Bonchev–Trinajstić information content (AvgIpc) is 2.40. The van der Waals surface area contributed by atoms with Crippen molar-refractivity contribution in [3.05, 3.63) is 29.3 Å². The van der Waals surface area contributed by atoms with E-state index in [1.807, 2.05) is 32.0 Å². The summed E-state index contributed by atoms with van der Waals surface area (Å²) in [5.41, 5.74) is 2.53. The maximum Gasteiger partial charge on any atom is 0.253 e. The van der Waals surface area contributed by atoms with Crippen molar-refractivity contribution in [3.63, 3.8) is 0 Å². The first-order chi connectivity index (χ1) is 9.60. The summed E-state index contributed by atoms with van der Waals surface area (Å²) in [5.74, 6) is -0.0343. The lowest BCUT2D eigenvalue weighted by Gasteiger charge is -2.40. The van der Waals surface area contributed by atoms with Crippen molar-refractivity contribution in [3.8, 4) is 0 Å². The zero-order chi connectivity index (χ0) is 14.6. The van der Waals surface area contributed by atoms with Crippen molar-refractivity contribution in [1.29, 1.82) is 0 Å².